The molecule has 0 radical (unpaired) electrons. The summed E-state index contributed by atoms with van der Waals surface area (Å²) in [6.07, 6.45) is 0. The first kappa shape index (κ1) is 16.2. The van der Waals surface area contributed by atoms with Crippen LogP contribution in [0, 0.1) is 5.92 Å². The van der Waals surface area contributed by atoms with Crippen molar-refractivity contribution >= 4 is 29.9 Å². The van der Waals surface area contributed by atoms with Gasteiger partial charge in [0.25, 0.3) is 0 Å². The normalized spacial score (nSPS) is 11.8. The molecule has 0 bridgehead atoms. The lowest BCUT2D eigenvalue weighted by Gasteiger charge is -2.15. The van der Waals surface area contributed by atoms with Gasteiger partial charge in [0.1, 0.15) is 0 Å². The van der Waals surface area contributed by atoms with E-state index in [1.54, 1.807) is 12.1 Å². The smallest absolute Gasteiger partial charge is 0.237 e. The number of carbonyl (C=O) groups excluding carboxylic acids is 1. The predicted molar refractivity (Wildman–Crippen MR) is 73.4 cm³/mol. The molecule has 0 saturated carbocycles. The Kier molecular flexibility index (Phi) is 7.19. The quantitative estimate of drug-likeness (QED) is 0.887. The molecule has 1 unspecified atom stereocenters. The first-order valence-electron chi connectivity index (χ1n) is 5.28. The third-order valence-corrected chi connectivity index (χ3v) is 2.65. The Labute approximate surface area is 113 Å². The van der Waals surface area contributed by atoms with E-state index in [9.17, 15) is 4.79 Å². The van der Waals surface area contributed by atoms with Gasteiger partial charge in [0.05, 0.1) is 6.04 Å². The zero-order valence-electron chi connectivity index (χ0n) is 9.94. The zero-order chi connectivity index (χ0) is 12.1. The van der Waals surface area contributed by atoms with Crippen molar-refractivity contribution in [1.29, 1.82) is 0 Å². The first-order valence-corrected chi connectivity index (χ1v) is 5.66. The van der Waals surface area contributed by atoms with Crippen molar-refractivity contribution in [2.45, 2.75) is 26.4 Å². The predicted octanol–water partition coefficient (Wildman–Crippen LogP) is 2.36. The average molecular weight is 277 g/mol. The number of carbonyl (C=O) groups is 1. The fourth-order valence-corrected chi connectivity index (χ4v) is 1.34. The Morgan fingerprint density at radius 3 is 2.35 bits per heavy atom. The van der Waals surface area contributed by atoms with Gasteiger partial charge in [-0.1, -0.05) is 37.6 Å². The van der Waals surface area contributed by atoms with Gasteiger partial charge in [-0.2, -0.15) is 0 Å². The minimum absolute atomic E-state index is 0. The average Bonchev–Trinajstić information content (AvgIpc) is 2.26. The van der Waals surface area contributed by atoms with E-state index >= 15 is 0 Å². The number of nitrogens with two attached hydrogens (primary N) is 1. The highest BCUT2D eigenvalue weighted by Gasteiger charge is 2.16. The highest BCUT2D eigenvalue weighted by molar-refractivity contribution is 6.30. The van der Waals surface area contributed by atoms with E-state index in [0.29, 0.717) is 11.6 Å². The third kappa shape index (κ3) is 5.39. The van der Waals surface area contributed by atoms with Gasteiger partial charge in [-0.25, -0.2) is 0 Å². The summed E-state index contributed by atoms with van der Waals surface area (Å²) in [5.41, 5.74) is 6.72. The molecule has 1 amide bonds. The highest BCUT2D eigenvalue weighted by Crippen LogP contribution is 2.09. The molecule has 0 aliphatic rings. The summed E-state index contributed by atoms with van der Waals surface area (Å²) in [6, 6.07) is 6.90. The number of hydrogen-bond acceptors (Lipinski definition) is 2. The summed E-state index contributed by atoms with van der Waals surface area (Å²) in [5.74, 6) is 0.0233. The zero-order valence-corrected chi connectivity index (χ0v) is 11.5. The third-order valence-electron chi connectivity index (χ3n) is 2.40. The van der Waals surface area contributed by atoms with Crippen LogP contribution in [0.4, 0.5) is 0 Å². The lowest BCUT2D eigenvalue weighted by molar-refractivity contribution is -0.123. The van der Waals surface area contributed by atoms with Crippen molar-refractivity contribution in [3.05, 3.63) is 34.9 Å². The number of hydrogen-bond donors (Lipinski definition) is 2. The second kappa shape index (κ2) is 7.54. The van der Waals surface area contributed by atoms with Gasteiger partial charge in [-0.15, -0.1) is 12.4 Å². The number of halogens is 2. The van der Waals surface area contributed by atoms with E-state index in [0.717, 1.165) is 5.56 Å². The van der Waals surface area contributed by atoms with Gasteiger partial charge in [-0.3, -0.25) is 4.79 Å². The lowest BCUT2D eigenvalue weighted by atomic mass is 10.0. The summed E-state index contributed by atoms with van der Waals surface area (Å²) < 4.78 is 0. The maximum absolute atomic E-state index is 11.6. The highest BCUT2D eigenvalue weighted by atomic mass is 35.5. The maximum atomic E-state index is 11.6. The Morgan fingerprint density at radius 1 is 1.35 bits per heavy atom. The van der Waals surface area contributed by atoms with Crippen LogP contribution in [-0.4, -0.2) is 11.9 Å². The first-order chi connectivity index (χ1) is 7.50. The number of amides is 1. The second-order valence-electron chi connectivity index (χ2n) is 4.11. The number of rotatable bonds is 4. The molecule has 5 heteroatoms. The summed E-state index contributed by atoms with van der Waals surface area (Å²) in [7, 11) is 0. The Hall–Kier alpha value is -0.770. The van der Waals surface area contributed by atoms with Crippen LogP contribution in [0.5, 0.6) is 0 Å². The molecule has 0 aliphatic carbocycles. The van der Waals surface area contributed by atoms with E-state index in [-0.39, 0.29) is 24.2 Å². The molecule has 1 aromatic carbocycles. The fourth-order valence-electron chi connectivity index (χ4n) is 1.21. The van der Waals surface area contributed by atoms with Gasteiger partial charge >= 0.3 is 0 Å². The van der Waals surface area contributed by atoms with Crippen LogP contribution in [0.2, 0.25) is 5.02 Å². The molecule has 0 aliphatic heterocycles. The van der Waals surface area contributed by atoms with E-state index < -0.39 is 6.04 Å². The van der Waals surface area contributed by atoms with Gasteiger partial charge in [0.2, 0.25) is 5.91 Å². The van der Waals surface area contributed by atoms with Crippen LogP contribution in [0.15, 0.2) is 24.3 Å². The van der Waals surface area contributed by atoms with Gasteiger partial charge in [-0.05, 0) is 23.6 Å². The molecule has 0 saturated heterocycles. The molecular weight excluding hydrogens is 259 g/mol. The Morgan fingerprint density at radius 2 is 1.88 bits per heavy atom. The Bertz CT molecular complexity index is 352. The van der Waals surface area contributed by atoms with Gasteiger partial charge in [0.15, 0.2) is 0 Å². The van der Waals surface area contributed by atoms with E-state index in [1.165, 1.54) is 0 Å². The van der Waals surface area contributed by atoms with E-state index in [2.05, 4.69) is 5.32 Å². The van der Waals surface area contributed by atoms with Crippen LogP contribution in [0.1, 0.15) is 19.4 Å². The van der Waals surface area contributed by atoms with Crippen LogP contribution in [0.25, 0.3) is 0 Å². The summed E-state index contributed by atoms with van der Waals surface area (Å²) in [4.78, 5) is 11.6. The molecule has 3 N–H and O–H groups in total. The topological polar surface area (TPSA) is 55.1 Å². The van der Waals surface area contributed by atoms with Crippen molar-refractivity contribution in [2.24, 2.45) is 11.7 Å². The molecule has 1 aromatic rings. The van der Waals surface area contributed by atoms with Gasteiger partial charge in [0, 0.05) is 11.6 Å². The van der Waals surface area contributed by atoms with Crippen LogP contribution < -0.4 is 11.1 Å². The standard InChI is InChI=1S/C12H17ClN2O.ClH/c1-8(2)11(14)12(16)15-7-9-3-5-10(13)6-4-9;/h3-6,8,11H,7,14H2,1-2H3,(H,15,16);1H. The summed E-state index contributed by atoms with van der Waals surface area (Å²) >= 11 is 5.76. The Balaban J connectivity index is 0.00000256. The maximum Gasteiger partial charge on any atom is 0.237 e. The monoisotopic (exact) mass is 276 g/mol. The summed E-state index contributed by atoms with van der Waals surface area (Å²) in [5, 5.41) is 3.48. The van der Waals surface area contributed by atoms with Crippen molar-refractivity contribution in [2.75, 3.05) is 0 Å². The molecule has 96 valence electrons. The molecule has 0 spiro atoms. The van der Waals surface area contributed by atoms with Gasteiger partial charge < -0.3 is 11.1 Å². The molecule has 1 rings (SSSR count). The lowest BCUT2D eigenvalue weighted by Crippen LogP contribution is -2.43. The van der Waals surface area contributed by atoms with Crippen LogP contribution in [-0.2, 0) is 11.3 Å². The summed E-state index contributed by atoms with van der Waals surface area (Å²) in [6.45, 7) is 4.33. The molecule has 0 heterocycles. The van der Waals surface area contributed by atoms with Crippen molar-refractivity contribution < 1.29 is 4.79 Å². The second-order valence-corrected chi connectivity index (χ2v) is 4.55. The van der Waals surface area contributed by atoms with Crippen LogP contribution >= 0.6 is 24.0 Å². The SMILES string of the molecule is CC(C)C(N)C(=O)NCc1ccc(Cl)cc1.Cl. The minimum Gasteiger partial charge on any atom is -0.351 e. The van der Waals surface area contributed by atoms with E-state index in [4.69, 9.17) is 17.3 Å². The van der Waals surface area contributed by atoms with Crippen LogP contribution in [0.3, 0.4) is 0 Å². The largest absolute Gasteiger partial charge is 0.351 e. The number of nitrogens with one attached hydrogen (secondary N) is 1. The molecular formula is C12H18Cl2N2O. The fraction of sp³-hybridized carbons (Fsp3) is 0.417. The van der Waals surface area contributed by atoms with Crippen molar-refractivity contribution in [3.63, 3.8) is 0 Å². The van der Waals surface area contributed by atoms with Crippen molar-refractivity contribution in [1.82, 2.24) is 5.32 Å². The number of benzene rings is 1. The minimum atomic E-state index is -0.452. The molecule has 0 aromatic heterocycles. The molecule has 1 atom stereocenters. The molecule has 3 nitrogen and oxygen atoms in total. The molecule has 0 fully saturated rings. The van der Waals surface area contributed by atoms with Crippen molar-refractivity contribution in [3.8, 4) is 0 Å². The van der Waals surface area contributed by atoms with E-state index in [1.807, 2.05) is 26.0 Å². The molecule has 17 heavy (non-hydrogen) atoms.